The summed E-state index contributed by atoms with van der Waals surface area (Å²) >= 11 is 0. The molecular formula is C12H18FN3O5. The average molecular weight is 303 g/mol. The molecule has 0 saturated heterocycles. The van der Waals surface area contributed by atoms with Gasteiger partial charge in [-0.15, -0.1) is 0 Å². The molecule has 8 nitrogen and oxygen atoms in total. The van der Waals surface area contributed by atoms with Gasteiger partial charge in [0, 0.05) is 6.54 Å². The van der Waals surface area contributed by atoms with Crippen LogP contribution in [0.5, 0.6) is 0 Å². The molecule has 118 valence electrons. The largest absolute Gasteiger partial charge is 0.428 e. The zero-order valence-corrected chi connectivity index (χ0v) is 12.1. The fourth-order valence-electron chi connectivity index (χ4n) is 1.27. The summed E-state index contributed by atoms with van der Waals surface area (Å²) < 4.78 is 23.8. The number of aromatic amines is 1. The van der Waals surface area contributed by atoms with Crippen molar-refractivity contribution in [3.8, 4) is 0 Å². The van der Waals surface area contributed by atoms with E-state index >= 15 is 0 Å². The van der Waals surface area contributed by atoms with E-state index in [1.54, 1.807) is 4.98 Å². The van der Waals surface area contributed by atoms with Gasteiger partial charge >= 0.3 is 11.8 Å². The van der Waals surface area contributed by atoms with Gasteiger partial charge in [-0.05, 0) is 20.8 Å². The number of rotatable bonds is 5. The summed E-state index contributed by atoms with van der Waals surface area (Å²) in [5, 5.41) is 2.40. The number of nitrogens with one attached hydrogen (secondary N) is 2. The molecule has 0 unspecified atom stereocenters. The number of hydrogen-bond donors (Lipinski definition) is 2. The minimum absolute atomic E-state index is 0.227. The maximum atomic E-state index is 13.0. The summed E-state index contributed by atoms with van der Waals surface area (Å²) in [6.07, 6.45) is -0.122. The quantitative estimate of drug-likeness (QED) is 0.755. The molecule has 1 aromatic rings. The second-order valence-corrected chi connectivity index (χ2v) is 5.15. The van der Waals surface area contributed by atoms with E-state index in [2.05, 4.69) is 5.32 Å². The first kappa shape index (κ1) is 16.9. The van der Waals surface area contributed by atoms with E-state index in [-0.39, 0.29) is 12.1 Å². The number of aromatic nitrogens is 2. The van der Waals surface area contributed by atoms with Crippen LogP contribution >= 0.6 is 0 Å². The standard InChI is InChI=1S/C12H18FN3O5/c1-12(2,3)21-5-4-14-11(19)20-7-16-6-8(13)9(17)15-10(16)18/h6H,4-5,7H2,1-3H3,(H,14,19)(H,15,17,18). The van der Waals surface area contributed by atoms with Crippen LogP contribution in [-0.2, 0) is 16.2 Å². The van der Waals surface area contributed by atoms with E-state index in [1.165, 1.54) is 0 Å². The van der Waals surface area contributed by atoms with Crippen molar-refractivity contribution in [2.45, 2.75) is 33.1 Å². The summed E-state index contributed by atoms with van der Waals surface area (Å²) in [5.74, 6) is -1.14. The van der Waals surface area contributed by atoms with E-state index in [1.807, 2.05) is 20.8 Å². The van der Waals surface area contributed by atoms with Gasteiger partial charge in [0.2, 0.25) is 5.82 Å². The van der Waals surface area contributed by atoms with Crippen LogP contribution in [0, 0.1) is 5.82 Å². The van der Waals surface area contributed by atoms with Gasteiger partial charge in [0.1, 0.15) is 0 Å². The zero-order chi connectivity index (χ0) is 16.0. The Morgan fingerprint density at radius 3 is 2.71 bits per heavy atom. The van der Waals surface area contributed by atoms with Gasteiger partial charge in [-0.25, -0.2) is 9.59 Å². The molecule has 0 radical (unpaired) electrons. The van der Waals surface area contributed by atoms with Gasteiger partial charge in [0.15, 0.2) is 6.73 Å². The van der Waals surface area contributed by atoms with Crippen LogP contribution < -0.4 is 16.6 Å². The molecule has 0 atom stereocenters. The summed E-state index contributed by atoms with van der Waals surface area (Å²) in [6.45, 7) is 5.64. The van der Waals surface area contributed by atoms with Crippen molar-refractivity contribution in [3.05, 3.63) is 32.9 Å². The first-order chi connectivity index (χ1) is 9.69. The van der Waals surface area contributed by atoms with E-state index in [9.17, 15) is 18.8 Å². The predicted molar refractivity (Wildman–Crippen MR) is 71.5 cm³/mol. The molecule has 1 amide bonds. The van der Waals surface area contributed by atoms with Gasteiger partial charge in [-0.2, -0.15) is 4.39 Å². The number of ether oxygens (including phenoxy) is 2. The smallest absolute Gasteiger partial charge is 0.408 e. The number of H-pyrrole nitrogens is 1. The second-order valence-electron chi connectivity index (χ2n) is 5.15. The number of carbonyl (C=O) groups is 1. The van der Waals surface area contributed by atoms with Gasteiger partial charge < -0.3 is 14.8 Å². The Hall–Kier alpha value is -2.16. The SMILES string of the molecule is CC(C)(C)OCCNC(=O)OCn1cc(F)c(=O)[nH]c1=O. The second kappa shape index (κ2) is 7.02. The van der Waals surface area contributed by atoms with Crippen LogP contribution in [0.2, 0.25) is 0 Å². The lowest BCUT2D eigenvalue weighted by Crippen LogP contribution is -2.35. The molecule has 0 saturated carbocycles. The van der Waals surface area contributed by atoms with Crippen LogP contribution in [0.25, 0.3) is 0 Å². The first-order valence-electron chi connectivity index (χ1n) is 6.23. The first-order valence-corrected chi connectivity index (χ1v) is 6.23. The number of hydrogen-bond acceptors (Lipinski definition) is 5. The van der Waals surface area contributed by atoms with Gasteiger partial charge in [-0.3, -0.25) is 14.3 Å². The summed E-state index contributed by atoms with van der Waals surface area (Å²) in [6, 6.07) is 0. The average Bonchev–Trinajstić information content (AvgIpc) is 2.36. The Balaban J connectivity index is 2.39. The highest BCUT2D eigenvalue weighted by molar-refractivity contribution is 5.66. The van der Waals surface area contributed by atoms with Crippen molar-refractivity contribution in [1.29, 1.82) is 0 Å². The highest BCUT2D eigenvalue weighted by Gasteiger charge is 2.10. The molecule has 1 heterocycles. The third-order valence-electron chi connectivity index (χ3n) is 2.21. The van der Waals surface area contributed by atoms with Crippen molar-refractivity contribution in [2.24, 2.45) is 0 Å². The molecule has 0 aliphatic rings. The van der Waals surface area contributed by atoms with Crippen molar-refractivity contribution in [1.82, 2.24) is 14.9 Å². The minimum Gasteiger partial charge on any atom is -0.428 e. The van der Waals surface area contributed by atoms with Gasteiger partial charge in [-0.1, -0.05) is 0 Å². The molecule has 0 aromatic carbocycles. The van der Waals surface area contributed by atoms with Crippen LogP contribution in [0.4, 0.5) is 9.18 Å². The van der Waals surface area contributed by atoms with Crippen molar-refractivity contribution >= 4 is 6.09 Å². The molecule has 21 heavy (non-hydrogen) atoms. The lowest BCUT2D eigenvalue weighted by atomic mass is 10.2. The molecule has 9 heteroatoms. The molecular weight excluding hydrogens is 285 g/mol. The lowest BCUT2D eigenvalue weighted by Gasteiger charge is -2.19. The molecule has 0 fully saturated rings. The Morgan fingerprint density at radius 1 is 1.43 bits per heavy atom. The molecule has 1 aromatic heterocycles. The summed E-state index contributed by atoms with van der Waals surface area (Å²) in [7, 11) is 0. The lowest BCUT2D eigenvalue weighted by molar-refractivity contribution is -0.00140. The van der Waals surface area contributed by atoms with E-state index in [0.717, 1.165) is 4.57 Å². The fourth-order valence-corrected chi connectivity index (χ4v) is 1.27. The maximum Gasteiger partial charge on any atom is 0.408 e. The number of carbonyl (C=O) groups excluding carboxylic acids is 1. The van der Waals surface area contributed by atoms with Crippen molar-refractivity contribution in [2.75, 3.05) is 13.2 Å². The summed E-state index contributed by atoms with van der Waals surface area (Å²) in [5.41, 5.74) is -2.31. The number of halogens is 1. The predicted octanol–water partition coefficient (Wildman–Crippen LogP) is 0.175. The molecule has 0 spiro atoms. The monoisotopic (exact) mass is 303 g/mol. The Morgan fingerprint density at radius 2 is 2.10 bits per heavy atom. The Labute approximate surface area is 119 Å². The maximum absolute atomic E-state index is 13.0. The van der Waals surface area contributed by atoms with Crippen LogP contribution in [0.3, 0.4) is 0 Å². The van der Waals surface area contributed by atoms with Crippen LogP contribution in [-0.4, -0.2) is 34.4 Å². The van der Waals surface area contributed by atoms with Crippen molar-refractivity contribution in [3.63, 3.8) is 0 Å². The topological polar surface area (TPSA) is 102 Å². The normalized spacial score (nSPS) is 11.2. The van der Waals surface area contributed by atoms with Gasteiger partial charge in [0.05, 0.1) is 18.4 Å². The number of amides is 1. The molecule has 2 N–H and O–H groups in total. The number of nitrogens with zero attached hydrogens (tertiary/aromatic N) is 1. The van der Waals surface area contributed by atoms with Crippen LogP contribution in [0.1, 0.15) is 20.8 Å². The highest BCUT2D eigenvalue weighted by atomic mass is 19.1. The fraction of sp³-hybridized carbons (Fsp3) is 0.583. The zero-order valence-electron chi connectivity index (χ0n) is 12.1. The number of alkyl carbamates (subject to hydrolysis) is 1. The Kier molecular flexibility index (Phi) is 5.65. The minimum atomic E-state index is -1.14. The third kappa shape index (κ3) is 6.21. The Bertz CT molecular complexity index is 602. The van der Waals surface area contributed by atoms with E-state index in [4.69, 9.17) is 9.47 Å². The summed E-state index contributed by atoms with van der Waals surface area (Å²) in [4.78, 5) is 35.2. The third-order valence-corrected chi connectivity index (χ3v) is 2.21. The van der Waals surface area contributed by atoms with Crippen LogP contribution in [0.15, 0.2) is 15.8 Å². The van der Waals surface area contributed by atoms with Crippen molar-refractivity contribution < 1.29 is 18.7 Å². The van der Waals surface area contributed by atoms with E-state index < -0.39 is 29.9 Å². The molecule has 1 rings (SSSR count). The molecule has 0 aliphatic heterocycles. The van der Waals surface area contributed by atoms with E-state index in [0.29, 0.717) is 12.8 Å². The van der Waals surface area contributed by atoms with Gasteiger partial charge in [0.25, 0.3) is 5.56 Å². The highest BCUT2D eigenvalue weighted by Crippen LogP contribution is 2.04. The molecule has 0 bridgehead atoms. The molecule has 0 aliphatic carbocycles.